The van der Waals surface area contributed by atoms with Gasteiger partial charge in [0.25, 0.3) is 0 Å². The summed E-state index contributed by atoms with van der Waals surface area (Å²) in [5.74, 6) is 0.998. The van der Waals surface area contributed by atoms with Gasteiger partial charge >= 0.3 is 0 Å². The molecule has 2 bridgehead atoms. The maximum atomic E-state index is 12.5. The van der Waals surface area contributed by atoms with E-state index in [4.69, 9.17) is 9.47 Å². The average Bonchev–Trinajstić information content (AvgIpc) is 3.37. The summed E-state index contributed by atoms with van der Waals surface area (Å²) in [4.78, 5) is 17.0. The van der Waals surface area contributed by atoms with Crippen LogP contribution >= 0.6 is 11.3 Å². The Kier molecular flexibility index (Phi) is 3.35. The highest BCUT2D eigenvalue weighted by atomic mass is 32.1. The molecule has 2 saturated heterocycles. The third-order valence-electron chi connectivity index (χ3n) is 5.16. The van der Waals surface area contributed by atoms with Crippen LogP contribution in [0.4, 0.5) is 5.13 Å². The van der Waals surface area contributed by atoms with Gasteiger partial charge < -0.3 is 14.8 Å². The lowest BCUT2D eigenvalue weighted by Gasteiger charge is -2.16. The van der Waals surface area contributed by atoms with Crippen molar-refractivity contribution in [2.45, 2.75) is 37.9 Å². The number of nitrogens with zero attached hydrogens (tertiary/aromatic N) is 1. The number of thiazole rings is 1. The molecule has 1 aromatic carbocycles. The molecule has 4 heterocycles. The van der Waals surface area contributed by atoms with Gasteiger partial charge in [-0.3, -0.25) is 4.79 Å². The number of ether oxygens (including phenoxy) is 2. The molecule has 124 valence electrons. The molecule has 3 aliphatic rings. The van der Waals surface area contributed by atoms with E-state index < -0.39 is 0 Å². The molecule has 5 rings (SSSR count). The van der Waals surface area contributed by atoms with Crippen molar-refractivity contribution in [2.24, 2.45) is 5.92 Å². The number of aromatic nitrogens is 1. The van der Waals surface area contributed by atoms with Gasteiger partial charge in [-0.2, -0.15) is 0 Å². The number of hydrogen-bond acceptors (Lipinski definition) is 5. The Morgan fingerprint density at radius 2 is 2.29 bits per heavy atom. The lowest BCUT2D eigenvalue weighted by Crippen LogP contribution is -2.30. The number of amides is 1. The van der Waals surface area contributed by atoms with Crippen LogP contribution in [0.25, 0.3) is 11.3 Å². The quantitative estimate of drug-likeness (QED) is 0.930. The van der Waals surface area contributed by atoms with E-state index in [1.54, 1.807) is 0 Å². The molecule has 24 heavy (non-hydrogen) atoms. The van der Waals surface area contributed by atoms with Crippen molar-refractivity contribution in [2.75, 3.05) is 11.9 Å². The van der Waals surface area contributed by atoms with Crippen LogP contribution in [-0.2, 0) is 16.0 Å². The molecule has 0 saturated carbocycles. The molecule has 0 unspecified atom stereocenters. The lowest BCUT2D eigenvalue weighted by molar-refractivity contribution is -0.121. The Balaban J connectivity index is 1.31. The zero-order valence-electron chi connectivity index (χ0n) is 13.2. The van der Waals surface area contributed by atoms with E-state index in [1.807, 2.05) is 17.5 Å². The molecule has 1 N–H and O–H groups in total. The molecule has 0 radical (unpaired) electrons. The van der Waals surface area contributed by atoms with Gasteiger partial charge in [0.05, 0.1) is 30.4 Å². The van der Waals surface area contributed by atoms with Gasteiger partial charge in [-0.1, -0.05) is 0 Å². The number of hydrogen-bond donors (Lipinski definition) is 1. The van der Waals surface area contributed by atoms with E-state index in [0.717, 1.165) is 49.3 Å². The maximum absolute atomic E-state index is 12.5. The molecule has 6 heteroatoms. The number of carbonyl (C=O) groups is 1. The molecule has 1 amide bonds. The lowest BCUT2D eigenvalue weighted by atomic mass is 9.89. The van der Waals surface area contributed by atoms with Crippen LogP contribution in [-0.4, -0.2) is 29.7 Å². The second-order valence-corrected chi connectivity index (χ2v) is 7.52. The Labute approximate surface area is 144 Å². The number of rotatable bonds is 3. The van der Waals surface area contributed by atoms with Crippen LogP contribution in [0.5, 0.6) is 5.75 Å². The van der Waals surface area contributed by atoms with E-state index in [0.29, 0.717) is 5.13 Å². The molecule has 2 aromatic rings. The first-order chi connectivity index (χ1) is 11.8. The van der Waals surface area contributed by atoms with Crippen molar-refractivity contribution in [1.82, 2.24) is 4.98 Å². The molecular weight excluding hydrogens is 324 g/mol. The van der Waals surface area contributed by atoms with Gasteiger partial charge in [0.15, 0.2) is 5.13 Å². The zero-order chi connectivity index (χ0) is 16.1. The van der Waals surface area contributed by atoms with Crippen LogP contribution in [0.3, 0.4) is 0 Å². The van der Waals surface area contributed by atoms with Crippen molar-refractivity contribution in [3.63, 3.8) is 0 Å². The van der Waals surface area contributed by atoms with Gasteiger partial charge in [0.1, 0.15) is 5.75 Å². The number of benzene rings is 1. The minimum Gasteiger partial charge on any atom is -0.493 e. The number of carbonyl (C=O) groups excluding carboxylic acids is 1. The average molecular weight is 342 g/mol. The fourth-order valence-corrected chi connectivity index (χ4v) is 4.64. The summed E-state index contributed by atoms with van der Waals surface area (Å²) in [6.45, 7) is 0.753. The number of fused-ring (bicyclic) bond motifs is 3. The predicted octanol–water partition coefficient (Wildman–Crippen LogP) is 3.25. The van der Waals surface area contributed by atoms with Crippen LogP contribution in [0.15, 0.2) is 23.6 Å². The highest BCUT2D eigenvalue weighted by molar-refractivity contribution is 7.14. The largest absolute Gasteiger partial charge is 0.493 e. The smallest absolute Gasteiger partial charge is 0.231 e. The highest BCUT2D eigenvalue weighted by Gasteiger charge is 2.44. The zero-order valence-corrected chi connectivity index (χ0v) is 14.0. The molecule has 3 atom stereocenters. The van der Waals surface area contributed by atoms with Crippen LogP contribution in [0, 0.1) is 5.92 Å². The first-order valence-electron chi connectivity index (χ1n) is 8.44. The summed E-state index contributed by atoms with van der Waals surface area (Å²) in [5, 5.41) is 5.63. The second kappa shape index (κ2) is 5.57. The second-order valence-electron chi connectivity index (χ2n) is 6.66. The van der Waals surface area contributed by atoms with E-state index in [2.05, 4.69) is 16.4 Å². The van der Waals surface area contributed by atoms with E-state index >= 15 is 0 Å². The van der Waals surface area contributed by atoms with Gasteiger partial charge in [-0.25, -0.2) is 4.98 Å². The number of anilines is 1. The van der Waals surface area contributed by atoms with Crippen molar-refractivity contribution < 1.29 is 14.3 Å². The molecule has 1 aromatic heterocycles. The Hall–Kier alpha value is -1.92. The normalized spacial score (nSPS) is 27.1. The van der Waals surface area contributed by atoms with Crippen LogP contribution in [0.1, 0.15) is 24.8 Å². The van der Waals surface area contributed by atoms with E-state index in [-0.39, 0.29) is 24.0 Å². The third kappa shape index (κ3) is 2.41. The maximum Gasteiger partial charge on any atom is 0.231 e. The summed E-state index contributed by atoms with van der Waals surface area (Å²) < 4.78 is 11.3. The molecule has 0 spiro atoms. The predicted molar refractivity (Wildman–Crippen MR) is 91.4 cm³/mol. The monoisotopic (exact) mass is 342 g/mol. The van der Waals surface area contributed by atoms with Crippen LogP contribution in [0.2, 0.25) is 0 Å². The first kappa shape index (κ1) is 14.4. The summed E-state index contributed by atoms with van der Waals surface area (Å²) >= 11 is 1.47. The van der Waals surface area contributed by atoms with Gasteiger partial charge in [0, 0.05) is 17.4 Å². The number of nitrogens with one attached hydrogen (secondary N) is 1. The molecular formula is C18H18N2O3S. The minimum absolute atomic E-state index is 0.0201. The molecule has 5 nitrogen and oxygen atoms in total. The van der Waals surface area contributed by atoms with Crippen molar-refractivity contribution >= 4 is 22.4 Å². The standard InChI is InChI=1S/C18H18N2O3S/c21-17(13-8-12-2-4-16(13)23-12)20-18-19-14(9-24-18)10-1-3-15-11(7-10)5-6-22-15/h1,3,7,9,12-13,16H,2,4-6,8H2,(H,19,20,21)/t12-,13-,16-/m1/s1. The summed E-state index contributed by atoms with van der Waals surface area (Å²) in [5.41, 5.74) is 3.19. The molecule has 2 fully saturated rings. The van der Waals surface area contributed by atoms with Crippen molar-refractivity contribution in [1.29, 1.82) is 0 Å². The third-order valence-corrected chi connectivity index (χ3v) is 5.92. The highest BCUT2D eigenvalue weighted by Crippen LogP contribution is 2.39. The topological polar surface area (TPSA) is 60.5 Å². The molecule has 3 aliphatic heterocycles. The fraction of sp³-hybridized carbons (Fsp3) is 0.444. The summed E-state index contributed by atoms with van der Waals surface area (Å²) in [7, 11) is 0. The Morgan fingerprint density at radius 1 is 1.33 bits per heavy atom. The summed E-state index contributed by atoms with van der Waals surface area (Å²) in [6, 6.07) is 6.16. The summed E-state index contributed by atoms with van der Waals surface area (Å²) in [6.07, 6.45) is 4.28. The van der Waals surface area contributed by atoms with Gasteiger partial charge in [0.2, 0.25) is 5.91 Å². The SMILES string of the molecule is O=C(Nc1nc(-c2ccc3c(c2)CCO3)cs1)[C@@H]1C[C@H]2CC[C@H]1O2. The van der Waals surface area contributed by atoms with Gasteiger partial charge in [-0.05, 0) is 43.0 Å². The van der Waals surface area contributed by atoms with Crippen molar-refractivity contribution in [3.05, 3.63) is 29.1 Å². The van der Waals surface area contributed by atoms with Crippen molar-refractivity contribution in [3.8, 4) is 17.0 Å². The van der Waals surface area contributed by atoms with E-state index in [1.165, 1.54) is 16.9 Å². The van der Waals surface area contributed by atoms with E-state index in [9.17, 15) is 4.79 Å². The van der Waals surface area contributed by atoms with Crippen LogP contribution < -0.4 is 10.1 Å². The molecule has 0 aliphatic carbocycles. The Morgan fingerprint density at radius 3 is 3.12 bits per heavy atom. The Bertz CT molecular complexity index is 803. The minimum atomic E-state index is -0.0201. The van der Waals surface area contributed by atoms with Gasteiger partial charge in [-0.15, -0.1) is 11.3 Å². The fourth-order valence-electron chi connectivity index (χ4n) is 3.92. The first-order valence-corrected chi connectivity index (χ1v) is 9.32.